The average molecular weight is 490 g/mol. The predicted molar refractivity (Wildman–Crippen MR) is 128 cm³/mol. The SMILES string of the molecule is Cc1cc(C)c(S(=O)(=O)N2CCCC2C(=O)Nc2ccc(C(=O)NC3CC3)c(Cl)c2)c(C)c1. The standard InChI is InChI=1S/C24H28ClN3O4S/c1-14-11-15(2)22(16(3)12-14)33(31,32)28-10-4-5-21(28)24(30)27-18-8-9-19(20(25)13-18)23(29)26-17-6-7-17/h8-9,11-13,17,21H,4-7,10H2,1-3H3,(H,26,29)(H,27,30). The van der Waals surface area contributed by atoms with Crippen molar-refractivity contribution in [3.63, 3.8) is 0 Å². The van der Waals surface area contributed by atoms with Crippen LogP contribution in [0.1, 0.15) is 52.7 Å². The monoisotopic (exact) mass is 489 g/mol. The number of halogens is 1. The Morgan fingerprint density at radius 2 is 1.70 bits per heavy atom. The summed E-state index contributed by atoms with van der Waals surface area (Å²) in [6.07, 6.45) is 2.98. The molecule has 0 bridgehead atoms. The molecule has 176 valence electrons. The second-order valence-corrected chi connectivity index (χ2v) is 11.2. The second-order valence-electron chi connectivity index (χ2n) is 8.93. The fraction of sp³-hybridized carbons (Fsp3) is 0.417. The van der Waals surface area contributed by atoms with E-state index in [-0.39, 0.29) is 28.4 Å². The van der Waals surface area contributed by atoms with Gasteiger partial charge in [-0.15, -0.1) is 0 Å². The Bertz CT molecular complexity index is 1200. The molecule has 1 heterocycles. The molecule has 1 unspecified atom stereocenters. The second kappa shape index (κ2) is 9.08. The molecule has 4 rings (SSSR count). The number of nitrogens with zero attached hydrogens (tertiary/aromatic N) is 1. The summed E-state index contributed by atoms with van der Waals surface area (Å²) >= 11 is 6.28. The topological polar surface area (TPSA) is 95.6 Å². The van der Waals surface area contributed by atoms with Gasteiger partial charge in [0.25, 0.3) is 5.91 Å². The third kappa shape index (κ3) is 4.93. The molecule has 1 aliphatic heterocycles. The highest BCUT2D eigenvalue weighted by Crippen LogP contribution is 2.31. The van der Waals surface area contributed by atoms with Crippen molar-refractivity contribution < 1.29 is 18.0 Å². The smallest absolute Gasteiger partial charge is 0.253 e. The summed E-state index contributed by atoms with van der Waals surface area (Å²) in [7, 11) is -3.84. The minimum atomic E-state index is -3.84. The van der Waals surface area contributed by atoms with Crippen LogP contribution in [-0.2, 0) is 14.8 Å². The summed E-state index contributed by atoms with van der Waals surface area (Å²) in [5.74, 6) is -0.651. The molecule has 2 amide bonds. The van der Waals surface area contributed by atoms with Crippen molar-refractivity contribution in [2.45, 2.75) is 63.4 Å². The van der Waals surface area contributed by atoms with E-state index >= 15 is 0 Å². The van der Waals surface area contributed by atoms with Crippen LogP contribution < -0.4 is 10.6 Å². The molecular formula is C24H28ClN3O4S. The van der Waals surface area contributed by atoms with E-state index in [1.54, 1.807) is 26.0 Å². The molecule has 2 N–H and O–H groups in total. The summed E-state index contributed by atoms with van der Waals surface area (Å²) in [5, 5.41) is 5.89. The van der Waals surface area contributed by atoms with E-state index < -0.39 is 22.0 Å². The maximum Gasteiger partial charge on any atom is 0.253 e. The van der Waals surface area contributed by atoms with Gasteiger partial charge in [0.1, 0.15) is 6.04 Å². The number of rotatable bonds is 6. The number of anilines is 1. The van der Waals surface area contributed by atoms with Gasteiger partial charge in [-0.2, -0.15) is 4.31 Å². The molecular weight excluding hydrogens is 462 g/mol. The Kier molecular flexibility index (Phi) is 6.53. The lowest BCUT2D eigenvalue weighted by Gasteiger charge is -2.25. The van der Waals surface area contributed by atoms with Gasteiger partial charge in [0.15, 0.2) is 0 Å². The number of amides is 2. The van der Waals surface area contributed by atoms with Crippen molar-refractivity contribution in [3.05, 3.63) is 57.6 Å². The Labute approximate surface area is 199 Å². The molecule has 0 radical (unpaired) electrons. The molecule has 7 nitrogen and oxygen atoms in total. The first kappa shape index (κ1) is 23.7. The first-order valence-electron chi connectivity index (χ1n) is 11.1. The number of nitrogens with one attached hydrogen (secondary N) is 2. The van der Waals surface area contributed by atoms with E-state index in [2.05, 4.69) is 10.6 Å². The number of carbonyl (C=O) groups excluding carboxylic acids is 2. The predicted octanol–water partition coefficient (Wildman–Crippen LogP) is 3.95. The van der Waals surface area contributed by atoms with Crippen molar-refractivity contribution in [1.82, 2.24) is 9.62 Å². The highest BCUT2D eigenvalue weighted by molar-refractivity contribution is 7.89. The third-order valence-corrected chi connectivity index (χ3v) is 8.60. The van der Waals surface area contributed by atoms with Crippen molar-refractivity contribution in [1.29, 1.82) is 0 Å². The van der Waals surface area contributed by atoms with Crippen LogP contribution in [0.4, 0.5) is 5.69 Å². The van der Waals surface area contributed by atoms with Gasteiger partial charge in [0, 0.05) is 18.3 Å². The molecule has 1 saturated heterocycles. The van der Waals surface area contributed by atoms with Gasteiger partial charge in [-0.05, 0) is 75.8 Å². The highest BCUT2D eigenvalue weighted by atomic mass is 35.5. The average Bonchev–Trinajstić information content (AvgIpc) is 3.37. The van der Waals surface area contributed by atoms with Gasteiger partial charge < -0.3 is 10.6 Å². The summed E-state index contributed by atoms with van der Waals surface area (Å²) in [4.78, 5) is 25.6. The van der Waals surface area contributed by atoms with Crippen LogP contribution in [0, 0.1) is 20.8 Å². The zero-order chi connectivity index (χ0) is 23.9. The van der Waals surface area contributed by atoms with Crippen molar-refractivity contribution in [2.75, 3.05) is 11.9 Å². The molecule has 2 aliphatic rings. The third-order valence-electron chi connectivity index (χ3n) is 6.07. The number of aryl methyl sites for hydroxylation is 3. The van der Waals surface area contributed by atoms with Gasteiger partial charge in [0.2, 0.25) is 15.9 Å². The van der Waals surface area contributed by atoms with E-state index in [1.807, 2.05) is 19.1 Å². The van der Waals surface area contributed by atoms with Crippen LogP contribution in [0.15, 0.2) is 35.2 Å². The Morgan fingerprint density at radius 1 is 1.03 bits per heavy atom. The van der Waals surface area contributed by atoms with Crippen LogP contribution in [-0.4, -0.2) is 43.2 Å². The zero-order valence-corrected chi connectivity index (χ0v) is 20.5. The van der Waals surface area contributed by atoms with Crippen LogP contribution in [0.2, 0.25) is 5.02 Å². The van der Waals surface area contributed by atoms with Crippen molar-refractivity contribution >= 4 is 39.1 Å². The van der Waals surface area contributed by atoms with Gasteiger partial charge in [-0.3, -0.25) is 9.59 Å². The van der Waals surface area contributed by atoms with E-state index in [4.69, 9.17) is 11.6 Å². The van der Waals surface area contributed by atoms with Crippen LogP contribution in [0.5, 0.6) is 0 Å². The zero-order valence-electron chi connectivity index (χ0n) is 18.9. The first-order chi connectivity index (χ1) is 15.6. The van der Waals surface area contributed by atoms with Crippen molar-refractivity contribution in [2.24, 2.45) is 0 Å². The minimum absolute atomic E-state index is 0.212. The highest BCUT2D eigenvalue weighted by Gasteiger charge is 2.40. The molecule has 2 aromatic rings. The fourth-order valence-corrected chi connectivity index (χ4v) is 6.81. The Morgan fingerprint density at radius 3 is 2.30 bits per heavy atom. The van der Waals surface area contributed by atoms with E-state index in [9.17, 15) is 18.0 Å². The molecule has 9 heteroatoms. The summed E-state index contributed by atoms with van der Waals surface area (Å²) in [6, 6.07) is 7.77. The van der Waals surface area contributed by atoms with Gasteiger partial charge in [-0.25, -0.2) is 8.42 Å². The number of sulfonamides is 1. The quantitative estimate of drug-likeness (QED) is 0.642. The minimum Gasteiger partial charge on any atom is -0.349 e. The van der Waals surface area contributed by atoms with Gasteiger partial charge in [-0.1, -0.05) is 29.3 Å². The number of hydrogen-bond acceptors (Lipinski definition) is 4. The van der Waals surface area contributed by atoms with Crippen LogP contribution >= 0.6 is 11.6 Å². The largest absolute Gasteiger partial charge is 0.349 e. The van der Waals surface area contributed by atoms with E-state index in [0.29, 0.717) is 35.2 Å². The maximum atomic E-state index is 13.5. The van der Waals surface area contributed by atoms with Crippen LogP contribution in [0.25, 0.3) is 0 Å². The molecule has 0 aromatic heterocycles. The number of hydrogen-bond donors (Lipinski definition) is 2. The van der Waals surface area contributed by atoms with Crippen LogP contribution in [0.3, 0.4) is 0 Å². The lowest BCUT2D eigenvalue weighted by atomic mass is 10.1. The fourth-order valence-electron chi connectivity index (χ4n) is 4.47. The summed E-state index contributed by atoms with van der Waals surface area (Å²) < 4.78 is 28.3. The maximum absolute atomic E-state index is 13.5. The molecule has 1 aliphatic carbocycles. The summed E-state index contributed by atoms with van der Waals surface area (Å²) in [5.41, 5.74) is 3.10. The van der Waals surface area contributed by atoms with Crippen molar-refractivity contribution in [3.8, 4) is 0 Å². The lowest BCUT2D eigenvalue weighted by Crippen LogP contribution is -2.43. The normalized spacial score (nSPS) is 18.8. The molecule has 1 saturated carbocycles. The molecule has 2 fully saturated rings. The first-order valence-corrected chi connectivity index (χ1v) is 12.9. The van der Waals surface area contributed by atoms with E-state index in [0.717, 1.165) is 18.4 Å². The van der Waals surface area contributed by atoms with E-state index in [1.165, 1.54) is 10.4 Å². The number of carbonyl (C=O) groups is 2. The van der Waals surface area contributed by atoms with Gasteiger partial charge in [0.05, 0.1) is 15.5 Å². The molecule has 33 heavy (non-hydrogen) atoms. The Hall–Kier alpha value is -2.42. The molecule has 2 aromatic carbocycles. The molecule has 0 spiro atoms. The lowest BCUT2D eigenvalue weighted by molar-refractivity contribution is -0.119. The summed E-state index contributed by atoms with van der Waals surface area (Å²) in [6.45, 7) is 5.77. The Balaban J connectivity index is 1.52. The van der Waals surface area contributed by atoms with Gasteiger partial charge >= 0.3 is 0 Å². The molecule has 1 atom stereocenters. The number of benzene rings is 2.